The number of methoxy groups -OCH3 is 1. The number of hydrogen-bond donors (Lipinski definition) is 2. The molecule has 8 heteroatoms. The molecular formula is C8H10BFO5S. The van der Waals surface area contributed by atoms with Gasteiger partial charge >= 0.3 is 17.3 Å². The lowest BCUT2D eigenvalue weighted by Crippen LogP contribution is -2.32. The molecule has 88 valence electrons. The van der Waals surface area contributed by atoms with Gasteiger partial charge in [-0.25, -0.2) is 0 Å². The summed E-state index contributed by atoms with van der Waals surface area (Å²) in [4.78, 5) is -0.628. The Labute approximate surface area is 92.8 Å². The van der Waals surface area contributed by atoms with Crippen LogP contribution in [0.3, 0.4) is 0 Å². The molecule has 1 aromatic rings. The van der Waals surface area contributed by atoms with Gasteiger partial charge in [-0.15, -0.1) is 3.89 Å². The average molecular weight is 248 g/mol. The van der Waals surface area contributed by atoms with Crippen LogP contribution in [0.5, 0.6) is 5.75 Å². The zero-order valence-electron chi connectivity index (χ0n) is 8.64. The van der Waals surface area contributed by atoms with Crippen molar-refractivity contribution in [2.45, 2.75) is 11.8 Å². The van der Waals surface area contributed by atoms with Crippen LogP contribution in [0.15, 0.2) is 17.0 Å². The van der Waals surface area contributed by atoms with Crippen LogP contribution in [-0.4, -0.2) is 32.7 Å². The first-order valence-electron chi connectivity index (χ1n) is 4.26. The molecule has 0 aromatic heterocycles. The van der Waals surface area contributed by atoms with E-state index in [1.165, 1.54) is 6.92 Å². The molecular weight excluding hydrogens is 238 g/mol. The summed E-state index contributed by atoms with van der Waals surface area (Å²) in [6.45, 7) is 1.43. The third kappa shape index (κ3) is 2.52. The van der Waals surface area contributed by atoms with E-state index >= 15 is 0 Å². The van der Waals surface area contributed by atoms with Crippen molar-refractivity contribution < 1.29 is 27.1 Å². The van der Waals surface area contributed by atoms with Gasteiger partial charge in [0.15, 0.2) is 0 Å². The summed E-state index contributed by atoms with van der Waals surface area (Å²) in [6, 6.07) is 2.06. The molecule has 0 amide bonds. The summed E-state index contributed by atoms with van der Waals surface area (Å²) in [5.41, 5.74) is 0.302. The first-order valence-corrected chi connectivity index (χ1v) is 5.65. The molecule has 0 saturated carbocycles. The molecule has 2 N–H and O–H groups in total. The predicted octanol–water partition coefficient (Wildman–Crippen LogP) is -0.658. The van der Waals surface area contributed by atoms with Crippen LogP contribution >= 0.6 is 0 Å². The molecule has 0 saturated heterocycles. The first kappa shape index (κ1) is 13.0. The van der Waals surface area contributed by atoms with Gasteiger partial charge in [0.1, 0.15) is 10.6 Å². The number of halogens is 1. The molecule has 0 aliphatic carbocycles. The molecule has 16 heavy (non-hydrogen) atoms. The van der Waals surface area contributed by atoms with Crippen LogP contribution in [0.2, 0.25) is 0 Å². The highest BCUT2D eigenvalue weighted by atomic mass is 32.3. The van der Waals surface area contributed by atoms with Crippen molar-refractivity contribution in [1.29, 1.82) is 0 Å². The largest absolute Gasteiger partial charge is 0.495 e. The highest BCUT2D eigenvalue weighted by Crippen LogP contribution is 2.25. The fraction of sp³-hybridized carbons (Fsp3) is 0.250. The molecule has 0 bridgehead atoms. The quantitative estimate of drug-likeness (QED) is 0.548. The van der Waals surface area contributed by atoms with Crippen molar-refractivity contribution in [3.63, 3.8) is 0 Å². The number of hydrogen-bond acceptors (Lipinski definition) is 5. The van der Waals surface area contributed by atoms with E-state index in [1.54, 1.807) is 0 Å². The van der Waals surface area contributed by atoms with Crippen LogP contribution in [0.4, 0.5) is 3.89 Å². The van der Waals surface area contributed by atoms with Gasteiger partial charge < -0.3 is 14.8 Å². The number of rotatable bonds is 3. The molecule has 0 unspecified atom stereocenters. The normalized spacial score (nSPS) is 11.3. The minimum atomic E-state index is -4.90. The molecule has 5 nitrogen and oxygen atoms in total. The maximum Gasteiger partial charge on any atom is 0.488 e. The second kappa shape index (κ2) is 4.40. The third-order valence-corrected chi connectivity index (χ3v) is 2.94. The SMILES string of the molecule is COc1cc(B(O)O)c(C)cc1S(=O)(=O)F. The van der Waals surface area contributed by atoms with Gasteiger partial charge in [0.2, 0.25) is 0 Å². The predicted molar refractivity (Wildman–Crippen MR) is 55.9 cm³/mol. The Hall–Kier alpha value is -1.12. The first-order chi connectivity index (χ1) is 7.27. The molecule has 0 atom stereocenters. The Bertz CT molecular complexity index is 499. The molecule has 0 aliphatic heterocycles. The minimum absolute atomic E-state index is 0.0595. The molecule has 1 aromatic carbocycles. The maximum absolute atomic E-state index is 12.8. The molecule has 0 spiro atoms. The van der Waals surface area contributed by atoms with E-state index in [0.717, 1.165) is 19.2 Å². The maximum atomic E-state index is 12.8. The van der Waals surface area contributed by atoms with E-state index in [1.807, 2.05) is 0 Å². The van der Waals surface area contributed by atoms with Crippen LogP contribution < -0.4 is 10.2 Å². The number of ether oxygens (including phenoxy) is 1. The van der Waals surface area contributed by atoms with Gasteiger partial charge in [-0.3, -0.25) is 0 Å². The summed E-state index contributed by atoms with van der Waals surface area (Å²) < 4.78 is 39.1. The van der Waals surface area contributed by atoms with Crippen LogP contribution in [0.1, 0.15) is 5.56 Å². The second-order valence-corrected chi connectivity index (χ2v) is 4.49. The zero-order valence-corrected chi connectivity index (χ0v) is 9.45. The van der Waals surface area contributed by atoms with Gasteiger partial charge in [0.05, 0.1) is 7.11 Å². The summed E-state index contributed by atoms with van der Waals surface area (Å²) in [5, 5.41) is 18.0. The van der Waals surface area contributed by atoms with Crippen molar-refractivity contribution in [3.8, 4) is 5.75 Å². The lowest BCUT2D eigenvalue weighted by atomic mass is 9.77. The van der Waals surface area contributed by atoms with Crippen molar-refractivity contribution in [3.05, 3.63) is 17.7 Å². The minimum Gasteiger partial charge on any atom is -0.495 e. The van der Waals surface area contributed by atoms with Gasteiger partial charge in [-0.2, -0.15) is 8.42 Å². The van der Waals surface area contributed by atoms with Crippen LogP contribution in [0, 0.1) is 6.92 Å². The molecule has 0 heterocycles. The van der Waals surface area contributed by atoms with E-state index in [-0.39, 0.29) is 16.8 Å². The monoisotopic (exact) mass is 248 g/mol. The molecule has 0 aliphatic rings. The number of benzene rings is 1. The molecule has 0 fully saturated rings. The van der Waals surface area contributed by atoms with Crippen molar-refractivity contribution in [2.75, 3.05) is 7.11 Å². The summed E-state index contributed by atoms with van der Waals surface area (Å²) in [5.74, 6) is -0.267. The Morgan fingerprint density at radius 1 is 1.38 bits per heavy atom. The highest BCUT2D eigenvalue weighted by molar-refractivity contribution is 7.86. The molecule has 1 rings (SSSR count). The zero-order chi connectivity index (χ0) is 12.5. The Morgan fingerprint density at radius 3 is 2.31 bits per heavy atom. The fourth-order valence-electron chi connectivity index (χ4n) is 1.31. The fourth-order valence-corrected chi connectivity index (χ4v) is 2.01. The van der Waals surface area contributed by atoms with Crippen molar-refractivity contribution >= 4 is 22.8 Å². The van der Waals surface area contributed by atoms with Crippen LogP contribution in [0.25, 0.3) is 0 Å². The second-order valence-electron chi connectivity index (χ2n) is 3.17. The van der Waals surface area contributed by atoms with E-state index in [4.69, 9.17) is 10.0 Å². The van der Waals surface area contributed by atoms with E-state index in [2.05, 4.69) is 4.74 Å². The topological polar surface area (TPSA) is 83.8 Å². The third-order valence-electron chi connectivity index (χ3n) is 2.09. The van der Waals surface area contributed by atoms with Crippen molar-refractivity contribution in [2.24, 2.45) is 0 Å². The smallest absolute Gasteiger partial charge is 0.488 e. The average Bonchev–Trinajstić information content (AvgIpc) is 2.15. The standard InChI is InChI=1S/C8H10BFO5S/c1-5-3-8(16(10,13)14)7(15-2)4-6(5)9(11)12/h3-4,11-12H,1-2H3. The lowest BCUT2D eigenvalue weighted by molar-refractivity contribution is 0.399. The highest BCUT2D eigenvalue weighted by Gasteiger charge is 2.23. The summed E-state index contributed by atoms with van der Waals surface area (Å²) in [6.07, 6.45) is 0. The summed E-state index contributed by atoms with van der Waals surface area (Å²) in [7, 11) is -5.51. The van der Waals surface area contributed by atoms with Crippen molar-refractivity contribution in [1.82, 2.24) is 0 Å². The van der Waals surface area contributed by atoms with E-state index in [0.29, 0.717) is 0 Å². The summed E-state index contributed by atoms with van der Waals surface area (Å²) >= 11 is 0. The lowest BCUT2D eigenvalue weighted by Gasteiger charge is -2.10. The van der Waals surface area contributed by atoms with Gasteiger partial charge in [0, 0.05) is 0 Å². The van der Waals surface area contributed by atoms with E-state index in [9.17, 15) is 12.3 Å². The Balaban J connectivity index is 3.51. The van der Waals surface area contributed by atoms with Gasteiger partial charge in [-0.05, 0) is 30.1 Å². The molecule has 0 radical (unpaired) electrons. The number of aryl methyl sites for hydroxylation is 1. The Morgan fingerprint density at radius 2 is 1.94 bits per heavy atom. The van der Waals surface area contributed by atoms with E-state index < -0.39 is 22.2 Å². The van der Waals surface area contributed by atoms with Gasteiger partial charge in [-0.1, -0.05) is 0 Å². The Kier molecular flexibility index (Phi) is 3.56. The van der Waals surface area contributed by atoms with Crippen LogP contribution in [-0.2, 0) is 10.2 Å². The van der Waals surface area contributed by atoms with Gasteiger partial charge in [0.25, 0.3) is 0 Å².